The van der Waals surface area contributed by atoms with Crippen molar-refractivity contribution in [1.82, 2.24) is 5.32 Å². The fraction of sp³-hybridized carbons (Fsp3) is 0.333. The van der Waals surface area contributed by atoms with Crippen LogP contribution in [0, 0.1) is 10.1 Å². The third-order valence-electron chi connectivity index (χ3n) is 2.69. The molecule has 1 rings (SSSR count). The minimum absolute atomic E-state index is 0.0667. The summed E-state index contributed by atoms with van der Waals surface area (Å²) in [6, 6.07) is 4.71. The van der Waals surface area contributed by atoms with Gasteiger partial charge in [-0.2, -0.15) is 0 Å². The van der Waals surface area contributed by atoms with Gasteiger partial charge in [-0.1, -0.05) is 17.2 Å². The van der Waals surface area contributed by atoms with E-state index in [0.29, 0.717) is 10.6 Å². The van der Waals surface area contributed by atoms with Crippen molar-refractivity contribution in [2.45, 2.75) is 19.9 Å². The molecule has 0 aliphatic rings. The highest BCUT2D eigenvalue weighted by atomic mass is 35.5. The molecule has 1 N–H and O–H groups in total. The minimum Gasteiger partial charge on any atom is -0.314 e. The molecule has 1 aromatic carbocycles. The Balaban J connectivity index is 3.20. The summed E-state index contributed by atoms with van der Waals surface area (Å²) in [4.78, 5) is 10.5. The molecule has 1 aromatic rings. The number of nitro groups is 1. The second kappa shape index (κ2) is 5.80. The molecule has 4 nitrogen and oxygen atoms in total. The molecule has 92 valence electrons. The molecule has 0 aliphatic carbocycles. The van der Waals surface area contributed by atoms with Crippen molar-refractivity contribution in [2.75, 3.05) is 7.05 Å². The van der Waals surface area contributed by atoms with Crippen LogP contribution >= 0.6 is 11.6 Å². The van der Waals surface area contributed by atoms with Gasteiger partial charge >= 0.3 is 0 Å². The molecule has 0 fully saturated rings. The second-order valence-electron chi connectivity index (χ2n) is 3.86. The maximum atomic E-state index is 10.9. The van der Waals surface area contributed by atoms with Crippen LogP contribution in [0.4, 0.5) is 5.69 Å². The number of hydrogen-bond acceptors (Lipinski definition) is 3. The van der Waals surface area contributed by atoms with Crippen molar-refractivity contribution >= 4 is 23.4 Å². The van der Waals surface area contributed by atoms with Gasteiger partial charge < -0.3 is 5.32 Å². The van der Waals surface area contributed by atoms with Gasteiger partial charge in [-0.3, -0.25) is 10.1 Å². The molecule has 0 radical (unpaired) electrons. The third-order valence-corrected chi connectivity index (χ3v) is 2.92. The van der Waals surface area contributed by atoms with Gasteiger partial charge in [-0.05, 0) is 39.1 Å². The van der Waals surface area contributed by atoms with Crippen LogP contribution in [0.1, 0.15) is 19.4 Å². The Kier molecular flexibility index (Phi) is 4.66. The topological polar surface area (TPSA) is 55.2 Å². The predicted octanol–water partition coefficient (Wildman–Crippen LogP) is 3.26. The molecule has 0 saturated heterocycles. The van der Waals surface area contributed by atoms with E-state index in [-0.39, 0.29) is 11.7 Å². The van der Waals surface area contributed by atoms with Crippen LogP contribution in [0.25, 0.3) is 6.08 Å². The summed E-state index contributed by atoms with van der Waals surface area (Å²) >= 11 is 5.85. The molecule has 0 saturated carbocycles. The summed E-state index contributed by atoms with van der Waals surface area (Å²) in [5.41, 5.74) is 1.61. The zero-order valence-electron chi connectivity index (χ0n) is 10.0. The molecular weight excluding hydrogens is 240 g/mol. The van der Waals surface area contributed by atoms with Gasteiger partial charge in [-0.15, -0.1) is 0 Å². The van der Waals surface area contributed by atoms with Gasteiger partial charge in [0.2, 0.25) is 0 Å². The Labute approximate surface area is 105 Å². The number of nitrogens with one attached hydrogen (secondary N) is 1. The van der Waals surface area contributed by atoms with Gasteiger partial charge in [-0.25, -0.2) is 0 Å². The van der Waals surface area contributed by atoms with Crippen LogP contribution in [-0.4, -0.2) is 18.0 Å². The molecule has 17 heavy (non-hydrogen) atoms. The lowest BCUT2D eigenvalue weighted by atomic mass is 10.1. The Hall–Kier alpha value is -1.39. The van der Waals surface area contributed by atoms with Crippen LogP contribution in [0.5, 0.6) is 0 Å². The van der Waals surface area contributed by atoms with Crippen molar-refractivity contribution < 1.29 is 4.92 Å². The van der Waals surface area contributed by atoms with E-state index >= 15 is 0 Å². The van der Waals surface area contributed by atoms with Crippen molar-refractivity contribution in [3.63, 3.8) is 0 Å². The highest BCUT2D eigenvalue weighted by Crippen LogP contribution is 2.25. The molecule has 0 heterocycles. The molecule has 0 aromatic heterocycles. The molecule has 5 heteroatoms. The monoisotopic (exact) mass is 254 g/mol. The molecule has 0 amide bonds. The van der Waals surface area contributed by atoms with E-state index < -0.39 is 4.92 Å². The van der Waals surface area contributed by atoms with Crippen molar-refractivity contribution in [1.29, 1.82) is 0 Å². The van der Waals surface area contributed by atoms with Gasteiger partial charge in [0, 0.05) is 17.1 Å². The first-order valence-corrected chi connectivity index (χ1v) is 5.63. The van der Waals surface area contributed by atoms with Gasteiger partial charge in [0.1, 0.15) is 0 Å². The second-order valence-corrected chi connectivity index (χ2v) is 4.30. The number of likely N-dealkylation sites (N-methyl/N-ethyl adjacent to an activating group) is 1. The molecule has 1 unspecified atom stereocenters. The van der Waals surface area contributed by atoms with Gasteiger partial charge in [0.05, 0.1) is 10.5 Å². The van der Waals surface area contributed by atoms with E-state index in [4.69, 9.17) is 11.6 Å². The van der Waals surface area contributed by atoms with E-state index in [9.17, 15) is 10.1 Å². The van der Waals surface area contributed by atoms with Crippen molar-refractivity contribution in [3.05, 3.63) is 44.5 Å². The fourth-order valence-corrected chi connectivity index (χ4v) is 1.59. The molecule has 1 atom stereocenters. The quantitative estimate of drug-likeness (QED) is 0.663. The molecule has 0 bridgehead atoms. The Bertz CT molecular complexity index is 458. The number of nitrogens with zero attached hydrogens (tertiary/aromatic N) is 1. The first-order valence-electron chi connectivity index (χ1n) is 5.25. The average molecular weight is 255 g/mol. The fourth-order valence-electron chi connectivity index (χ4n) is 1.41. The standard InChI is InChI=1S/C12H15ClN2O2/c1-8(9(2)14-3)6-10-7-11(13)4-5-12(10)15(16)17/h4-7,9,14H,1-3H3/b8-6+. The summed E-state index contributed by atoms with van der Waals surface area (Å²) in [7, 11) is 1.84. The SMILES string of the molecule is CNC(C)/C(C)=C/c1cc(Cl)ccc1[N+](=O)[O-]. The number of rotatable bonds is 4. The highest BCUT2D eigenvalue weighted by molar-refractivity contribution is 6.30. The Morgan fingerprint density at radius 2 is 2.24 bits per heavy atom. The first-order chi connectivity index (χ1) is 7.95. The lowest BCUT2D eigenvalue weighted by Crippen LogP contribution is -2.22. The van der Waals surface area contributed by atoms with E-state index in [1.807, 2.05) is 20.9 Å². The lowest BCUT2D eigenvalue weighted by Gasteiger charge is -2.10. The van der Waals surface area contributed by atoms with E-state index in [0.717, 1.165) is 5.57 Å². The van der Waals surface area contributed by atoms with E-state index in [1.54, 1.807) is 12.1 Å². The Morgan fingerprint density at radius 3 is 2.76 bits per heavy atom. The highest BCUT2D eigenvalue weighted by Gasteiger charge is 2.13. The van der Waals surface area contributed by atoms with Gasteiger partial charge in [0.15, 0.2) is 0 Å². The number of nitro benzene ring substituents is 1. The van der Waals surface area contributed by atoms with Crippen LogP contribution in [0.15, 0.2) is 23.8 Å². The summed E-state index contributed by atoms with van der Waals surface area (Å²) in [5, 5.41) is 14.4. The lowest BCUT2D eigenvalue weighted by molar-refractivity contribution is -0.385. The largest absolute Gasteiger partial charge is 0.314 e. The van der Waals surface area contributed by atoms with E-state index in [1.165, 1.54) is 12.1 Å². The third kappa shape index (κ3) is 3.54. The summed E-state index contributed by atoms with van der Waals surface area (Å²) < 4.78 is 0. The van der Waals surface area contributed by atoms with E-state index in [2.05, 4.69) is 5.32 Å². The maximum absolute atomic E-state index is 10.9. The van der Waals surface area contributed by atoms with Crippen molar-refractivity contribution in [2.24, 2.45) is 0 Å². The van der Waals surface area contributed by atoms with Crippen LogP contribution in [-0.2, 0) is 0 Å². The number of benzene rings is 1. The van der Waals surface area contributed by atoms with Crippen LogP contribution in [0.2, 0.25) is 5.02 Å². The smallest absolute Gasteiger partial charge is 0.276 e. The van der Waals surface area contributed by atoms with Gasteiger partial charge in [0.25, 0.3) is 5.69 Å². The Morgan fingerprint density at radius 1 is 1.59 bits per heavy atom. The normalized spacial score (nSPS) is 13.5. The van der Waals surface area contributed by atoms with Crippen LogP contribution < -0.4 is 5.32 Å². The molecule has 0 spiro atoms. The summed E-state index contributed by atoms with van der Waals surface area (Å²) in [6.45, 7) is 3.91. The molecule has 0 aliphatic heterocycles. The zero-order chi connectivity index (χ0) is 13.0. The van der Waals surface area contributed by atoms with Crippen molar-refractivity contribution in [3.8, 4) is 0 Å². The van der Waals surface area contributed by atoms with Crippen LogP contribution in [0.3, 0.4) is 0 Å². The number of hydrogen-bond donors (Lipinski definition) is 1. The summed E-state index contributed by atoms with van der Waals surface area (Å²) in [5.74, 6) is 0. The molecular formula is C12H15ClN2O2. The average Bonchev–Trinajstić information content (AvgIpc) is 2.27. The summed E-state index contributed by atoms with van der Waals surface area (Å²) in [6.07, 6.45) is 1.78. The number of halogens is 1. The minimum atomic E-state index is -0.403. The zero-order valence-corrected chi connectivity index (χ0v) is 10.8. The first kappa shape index (κ1) is 13.7. The maximum Gasteiger partial charge on any atom is 0.276 e. The predicted molar refractivity (Wildman–Crippen MR) is 70.3 cm³/mol.